The average molecular weight is 825 g/mol. The number of nitrogens with one attached hydrogen (secondary N) is 2. The van der Waals surface area contributed by atoms with Crippen LogP contribution in [0.25, 0.3) is 11.1 Å². The zero-order valence-electron chi connectivity index (χ0n) is 36.6. The van der Waals surface area contributed by atoms with Crippen LogP contribution in [0.4, 0.5) is 9.59 Å². The van der Waals surface area contributed by atoms with Crippen LogP contribution >= 0.6 is 0 Å². The van der Waals surface area contributed by atoms with Gasteiger partial charge >= 0.3 is 12.2 Å². The highest BCUT2D eigenvalue weighted by Gasteiger charge is 2.46. The van der Waals surface area contributed by atoms with Crippen molar-refractivity contribution < 1.29 is 28.7 Å². The molecule has 0 spiro atoms. The smallest absolute Gasteiger partial charge is 0.410 e. The lowest BCUT2D eigenvalue weighted by molar-refractivity contribution is -0.142. The predicted molar refractivity (Wildman–Crippen MR) is 236 cm³/mol. The van der Waals surface area contributed by atoms with E-state index in [1.165, 1.54) is 11.1 Å². The van der Waals surface area contributed by atoms with Crippen molar-refractivity contribution in [2.75, 3.05) is 13.2 Å². The molecular formula is C51H60N4O6. The maximum atomic E-state index is 15.0. The third-order valence-electron chi connectivity index (χ3n) is 13.0. The summed E-state index contributed by atoms with van der Waals surface area (Å²) in [7, 11) is 0. The number of rotatable bonds is 7. The molecule has 0 bridgehead atoms. The minimum Gasteiger partial charge on any atom is -0.449 e. The molecule has 4 aromatic rings. The lowest BCUT2D eigenvalue weighted by Crippen LogP contribution is -2.58. The third kappa shape index (κ3) is 8.77. The van der Waals surface area contributed by atoms with Gasteiger partial charge in [-0.25, -0.2) is 9.59 Å². The summed E-state index contributed by atoms with van der Waals surface area (Å²) in [6, 6.07) is 29.1. The molecule has 1 saturated heterocycles. The van der Waals surface area contributed by atoms with Crippen molar-refractivity contribution in [3.63, 3.8) is 0 Å². The number of nitrogens with zero attached hydrogens (tertiary/aromatic N) is 2. The maximum Gasteiger partial charge on any atom is 0.410 e. The van der Waals surface area contributed by atoms with Gasteiger partial charge in [0.1, 0.15) is 24.3 Å². The van der Waals surface area contributed by atoms with Crippen LogP contribution < -0.4 is 10.6 Å². The van der Waals surface area contributed by atoms with Gasteiger partial charge in [0.05, 0.1) is 6.04 Å². The number of carbonyl (C=O) groups is 4. The van der Waals surface area contributed by atoms with Gasteiger partial charge < -0.3 is 29.9 Å². The summed E-state index contributed by atoms with van der Waals surface area (Å²) in [6.45, 7) is 14.2. The van der Waals surface area contributed by atoms with Gasteiger partial charge in [-0.15, -0.1) is 0 Å². The molecule has 4 aliphatic rings. The van der Waals surface area contributed by atoms with Gasteiger partial charge in [0.15, 0.2) is 0 Å². The van der Waals surface area contributed by atoms with Crippen LogP contribution in [0.15, 0.2) is 91.0 Å². The number of likely N-dealkylation sites (tertiary alicyclic amines) is 1. The Balaban J connectivity index is 1.04. The molecule has 320 valence electrons. The van der Waals surface area contributed by atoms with E-state index in [2.05, 4.69) is 65.2 Å². The Morgan fingerprint density at radius 2 is 1.44 bits per heavy atom. The van der Waals surface area contributed by atoms with E-state index in [1.54, 1.807) is 9.80 Å². The number of hydrogen-bond donors (Lipinski definition) is 2. The Bertz CT molecular complexity index is 2280. The quantitative estimate of drug-likeness (QED) is 0.192. The first-order chi connectivity index (χ1) is 29.1. The molecule has 61 heavy (non-hydrogen) atoms. The monoisotopic (exact) mass is 824 g/mol. The molecule has 2 aliphatic carbocycles. The number of hydrogen-bond acceptors (Lipinski definition) is 6. The van der Waals surface area contributed by atoms with E-state index in [0.29, 0.717) is 25.9 Å². The molecule has 5 atom stereocenters. The molecule has 2 unspecified atom stereocenters. The van der Waals surface area contributed by atoms with E-state index in [1.807, 2.05) is 84.9 Å². The SMILES string of the molecule is CC1Cc2ccc(C3C[C@@H](C(=O)N[C@@H]4CCCc5ccccc54)N(C(=O)[C@@H](NC(=O)OCC4c5ccccc5-c5ccccc54)C(C)(C)C)C3)cc2CN1C(=O)OC(C)(C)C. The van der Waals surface area contributed by atoms with E-state index in [0.717, 1.165) is 58.2 Å². The van der Waals surface area contributed by atoms with Crippen molar-refractivity contribution in [1.82, 2.24) is 20.4 Å². The maximum absolute atomic E-state index is 15.0. The van der Waals surface area contributed by atoms with Crippen LogP contribution in [0.1, 0.15) is 125 Å². The highest BCUT2D eigenvalue weighted by Crippen LogP contribution is 2.45. The topological polar surface area (TPSA) is 117 Å². The largest absolute Gasteiger partial charge is 0.449 e. The molecule has 0 saturated carbocycles. The average Bonchev–Trinajstić information content (AvgIpc) is 3.81. The summed E-state index contributed by atoms with van der Waals surface area (Å²) >= 11 is 0. The first-order valence-corrected chi connectivity index (χ1v) is 22.0. The normalized spacial score (nSPS) is 21.4. The van der Waals surface area contributed by atoms with Crippen LogP contribution in [-0.4, -0.2) is 70.7 Å². The van der Waals surface area contributed by atoms with Gasteiger partial charge in [0, 0.05) is 31.0 Å². The van der Waals surface area contributed by atoms with E-state index in [4.69, 9.17) is 9.47 Å². The molecule has 4 amide bonds. The zero-order chi connectivity index (χ0) is 43.2. The molecule has 8 rings (SSSR count). The van der Waals surface area contributed by atoms with Crippen molar-refractivity contribution in [3.8, 4) is 11.1 Å². The summed E-state index contributed by atoms with van der Waals surface area (Å²) in [6.07, 6.45) is 2.85. The zero-order valence-corrected chi connectivity index (χ0v) is 36.6. The number of amides is 4. The molecule has 2 heterocycles. The third-order valence-corrected chi connectivity index (χ3v) is 13.0. The molecular weight excluding hydrogens is 765 g/mol. The van der Waals surface area contributed by atoms with Crippen LogP contribution in [0, 0.1) is 5.41 Å². The van der Waals surface area contributed by atoms with Gasteiger partial charge in [0.25, 0.3) is 0 Å². The van der Waals surface area contributed by atoms with Gasteiger partial charge in [0.2, 0.25) is 11.8 Å². The van der Waals surface area contributed by atoms with Gasteiger partial charge in [-0.2, -0.15) is 0 Å². The number of carbonyl (C=O) groups excluding carboxylic acids is 4. The number of alkyl carbamates (subject to hydrolysis) is 1. The second kappa shape index (κ2) is 16.7. The van der Waals surface area contributed by atoms with Gasteiger partial charge in [-0.05, 0) is 115 Å². The molecule has 4 aromatic carbocycles. The van der Waals surface area contributed by atoms with Crippen molar-refractivity contribution in [3.05, 3.63) is 130 Å². The first kappa shape index (κ1) is 42.1. The molecule has 10 nitrogen and oxygen atoms in total. The standard InChI is InChI=1S/C51H60N4O6/c1-31-25-33-23-24-34(26-35(33)28-54(31)49(59)61-51(5,6)7)36-27-44(46(56)52-43-22-14-16-32-15-8-9-17-37(32)43)55(29-36)47(57)45(50(2,3)4)53-48(58)60-30-42-40-20-12-10-18-38(40)39-19-11-13-21-41(39)42/h8-13,15,17-21,23-24,26,31,36,42-45H,14,16,22,25,27-30H2,1-7H3,(H,52,56)(H,53,58)/t31?,36?,43-,44+,45-/m1/s1. The number of aryl methyl sites for hydroxylation is 1. The fourth-order valence-electron chi connectivity index (χ4n) is 9.89. The van der Waals surface area contributed by atoms with Crippen molar-refractivity contribution in [2.45, 2.75) is 129 Å². The van der Waals surface area contributed by atoms with Crippen LogP contribution in [0.3, 0.4) is 0 Å². The van der Waals surface area contributed by atoms with Crippen molar-refractivity contribution in [2.24, 2.45) is 5.41 Å². The molecule has 0 radical (unpaired) electrons. The molecule has 2 aliphatic heterocycles. The molecule has 10 heteroatoms. The fourth-order valence-corrected chi connectivity index (χ4v) is 9.89. The summed E-state index contributed by atoms with van der Waals surface area (Å²) in [4.78, 5) is 60.1. The van der Waals surface area contributed by atoms with Crippen LogP contribution in [0.2, 0.25) is 0 Å². The van der Waals surface area contributed by atoms with Crippen molar-refractivity contribution in [1.29, 1.82) is 0 Å². The number of benzene rings is 4. The lowest BCUT2D eigenvalue weighted by atomic mass is 9.85. The van der Waals surface area contributed by atoms with E-state index >= 15 is 4.79 Å². The summed E-state index contributed by atoms with van der Waals surface area (Å²) in [5, 5.41) is 6.31. The Morgan fingerprint density at radius 3 is 2.11 bits per heavy atom. The highest BCUT2D eigenvalue weighted by molar-refractivity contribution is 5.93. The minimum absolute atomic E-state index is 0.0240. The number of fused-ring (bicyclic) bond motifs is 5. The van der Waals surface area contributed by atoms with Gasteiger partial charge in [-0.3, -0.25) is 9.59 Å². The van der Waals surface area contributed by atoms with Crippen molar-refractivity contribution >= 4 is 24.0 Å². The van der Waals surface area contributed by atoms with Gasteiger partial charge in [-0.1, -0.05) is 112 Å². The predicted octanol–water partition coefficient (Wildman–Crippen LogP) is 9.20. The van der Waals surface area contributed by atoms with Crippen LogP contribution in [-0.2, 0) is 38.4 Å². The highest BCUT2D eigenvalue weighted by atomic mass is 16.6. The summed E-state index contributed by atoms with van der Waals surface area (Å²) in [5.74, 6) is -0.812. The fraction of sp³-hybridized carbons (Fsp3) is 0.451. The molecule has 0 aromatic heterocycles. The Hall–Kier alpha value is -5.64. The van der Waals surface area contributed by atoms with E-state index < -0.39 is 29.2 Å². The molecule has 1 fully saturated rings. The second-order valence-corrected chi connectivity index (χ2v) is 19.5. The second-order valence-electron chi connectivity index (χ2n) is 19.5. The lowest BCUT2D eigenvalue weighted by Gasteiger charge is -2.36. The summed E-state index contributed by atoms with van der Waals surface area (Å²) < 4.78 is 11.7. The first-order valence-electron chi connectivity index (χ1n) is 22.0. The molecule has 2 N–H and O–H groups in total. The Labute approximate surface area is 360 Å². The number of ether oxygens (including phenoxy) is 2. The Kier molecular flexibility index (Phi) is 11.5. The Morgan fingerprint density at radius 1 is 0.787 bits per heavy atom. The minimum atomic E-state index is -0.972. The summed E-state index contributed by atoms with van der Waals surface area (Å²) in [5.41, 5.74) is 8.72. The van der Waals surface area contributed by atoms with E-state index in [9.17, 15) is 14.4 Å². The van der Waals surface area contributed by atoms with E-state index in [-0.39, 0.29) is 48.4 Å². The van der Waals surface area contributed by atoms with Crippen LogP contribution in [0.5, 0.6) is 0 Å².